The number of aromatic nitrogens is 3. The number of nitrogens with two attached hydrogens (primary N) is 1. The Labute approximate surface area is 322 Å². The van der Waals surface area contributed by atoms with Gasteiger partial charge in [-0.05, 0) is 62.1 Å². The van der Waals surface area contributed by atoms with Crippen LogP contribution in [0.4, 0.5) is 10.6 Å². The van der Waals surface area contributed by atoms with Crippen LogP contribution in [0.25, 0.3) is 0 Å². The SMILES string of the molecule is CC(C)C[C@H](N)C1(c2ccc(Cl)cc2)CCC1.CN1CCN(C(=O)O[C@H]2c3nccnc3C(=O)N2c2ccc(Cl)cn2)CC1.O=C(O)[C@H](O)[C@@H](O)C(=O)O. The van der Waals surface area contributed by atoms with Crippen LogP contribution in [0.3, 0.4) is 0 Å². The molecule has 3 aliphatic rings. The van der Waals surface area contributed by atoms with Crippen molar-refractivity contribution in [3.8, 4) is 0 Å². The van der Waals surface area contributed by atoms with Crippen molar-refractivity contribution in [2.45, 2.75) is 69.4 Å². The van der Waals surface area contributed by atoms with E-state index in [0.29, 0.717) is 35.5 Å². The van der Waals surface area contributed by atoms with E-state index in [1.54, 1.807) is 17.0 Å². The first kappa shape index (κ1) is 42.3. The maximum atomic E-state index is 12.8. The molecule has 4 heterocycles. The molecule has 54 heavy (non-hydrogen) atoms. The Morgan fingerprint density at radius 1 is 0.907 bits per heavy atom. The predicted molar refractivity (Wildman–Crippen MR) is 198 cm³/mol. The zero-order chi connectivity index (χ0) is 39.7. The van der Waals surface area contributed by atoms with Crippen molar-refractivity contribution < 1.29 is 44.3 Å². The maximum absolute atomic E-state index is 12.8. The average Bonchev–Trinajstić information content (AvgIpc) is 3.39. The number of carbonyl (C=O) groups is 4. The van der Waals surface area contributed by atoms with Gasteiger partial charge in [-0.2, -0.15) is 0 Å². The quantitative estimate of drug-likeness (QED) is 0.209. The van der Waals surface area contributed by atoms with Crippen LogP contribution in [0.1, 0.15) is 67.5 Å². The van der Waals surface area contributed by atoms with Crippen LogP contribution in [0.2, 0.25) is 10.0 Å². The van der Waals surface area contributed by atoms with Crippen LogP contribution in [0.15, 0.2) is 55.0 Å². The molecule has 1 aliphatic carbocycles. The first-order valence-corrected chi connectivity index (χ1v) is 18.0. The summed E-state index contributed by atoms with van der Waals surface area (Å²) in [5.41, 5.74) is 8.48. The fourth-order valence-electron chi connectivity index (χ4n) is 6.26. The van der Waals surface area contributed by atoms with Gasteiger partial charge in [0.05, 0.1) is 5.02 Å². The number of halogens is 2. The Hall–Kier alpha value is -4.45. The number of rotatable bonds is 9. The number of piperazine rings is 1. The second-order valence-corrected chi connectivity index (χ2v) is 14.5. The van der Waals surface area contributed by atoms with E-state index in [-0.39, 0.29) is 17.2 Å². The highest BCUT2D eigenvalue weighted by molar-refractivity contribution is 6.30. The number of hydrogen-bond acceptors (Lipinski definition) is 12. The molecule has 2 amide bonds. The lowest BCUT2D eigenvalue weighted by Gasteiger charge is -2.47. The summed E-state index contributed by atoms with van der Waals surface area (Å²) in [5, 5.41) is 33.8. The summed E-state index contributed by atoms with van der Waals surface area (Å²) in [6.07, 6.45) is 3.10. The van der Waals surface area contributed by atoms with Gasteiger partial charge in [0.1, 0.15) is 11.5 Å². The zero-order valence-electron chi connectivity index (χ0n) is 30.1. The molecule has 2 aromatic heterocycles. The minimum atomic E-state index is -2.27. The summed E-state index contributed by atoms with van der Waals surface area (Å²) in [6, 6.07) is 11.8. The molecule has 292 valence electrons. The lowest BCUT2D eigenvalue weighted by Crippen LogP contribution is -2.50. The van der Waals surface area contributed by atoms with E-state index < -0.39 is 42.4 Å². The molecule has 1 aromatic carbocycles. The van der Waals surface area contributed by atoms with E-state index in [2.05, 4.69) is 45.8 Å². The number of amides is 2. The first-order valence-electron chi connectivity index (χ1n) is 17.3. The smallest absolute Gasteiger partial charge is 0.412 e. The number of anilines is 1. The molecule has 0 radical (unpaired) electrons. The number of ether oxygens (including phenoxy) is 1. The van der Waals surface area contributed by atoms with Crippen molar-refractivity contribution in [1.29, 1.82) is 0 Å². The van der Waals surface area contributed by atoms with Crippen molar-refractivity contribution in [2.75, 3.05) is 38.1 Å². The number of hydrogen-bond donors (Lipinski definition) is 5. The fraction of sp³-hybridized carbons (Fsp3) is 0.472. The first-order chi connectivity index (χ1) is 25.5. The number of nitrogens with zero attached hydrogens (tertiary/aromatic N) is 6. The maximum Gasteiger partial charge on any atom is 0.412 e. The zero-order valence-corrected chi connectivity index (χ0v) is 31.6. The summed E-state index contributed by atoms with van der Waals surface area (Å²) in [5.74, 6) is -3.00. The normalized spacial score (nSPS) is 19.2. The summed E-state index contributed by atoms with van der Waals surface area (Å²) < 4.78 is 5.68. The third-order valence-electron chi connectivity index (χ3n) is 9.45. The largest absolute Gasteiger partial charge is 0.479 e. The average molecular weight is 791 g/mol. The molecule has 0 unspecified atom stereocenters. The molecule has 0 spiro atoms. The molecule has 18 heteroatoms. The van der Waals surface area contributed by atoms with Gasteiger partial charge in [-0.15, -0.1) is 0 Å². The van der Waals surface area contributed by atoms with Crippen molar-refractivity contribution in [3.05, 3.63) is 82.0 Å². The van der Waals surface area contributed by atoms with Crippen LogP contribution >= 0.6 is 23.2 Å². The van der Waals surface area contributed by atoms with E-state index in [9.17, 15) is 19.2 Å². The molecule has 1 saturated heterocycles. The molecule has 6 rings (SSSR count). The highest BCUT2D eigenvalue weighted by atomic mass is 35.5. The molecular formula is C36H45Cl2N7O9. The van der Waals surface area contributed by atoms with Crippen LogP contribution in [-0.2, 0) is 19.7 Å². The Bertz CT molecular complexity index is 1740. The lowest BCUT2D eigenvalue weighted by molar-refractivity contribution is -0.165. The third-order valence-corrected chi connectivity index (χ3v) is 9.93. The van der Waals surface area contributed by atoms with E-state index >= 15 is 0 Å². The number of carbonyl (C=O) groups excluding carboxylic acids is 2. The van der Waals surface area contributed by atoms with Gasteiger partial charge in [-0.3, -0.25) is 9.78 Å². The van der Waals surface area contributed by atoms with Gasteiger partial charge in [-0.25, -0.2) is 29.3 Å². The van der Waals surface area contributed by atoms with Crippen molar-refractivity contribution in [2.24, 2.45) is 11.7 Å². The number of aliphatic hydroxyl groups excluding tert-OH is 2. The molecule has 0 bridgehead atoms. The molecule has 1 saturated carbocycles. The number of carboxylic acid groups (broad SMARTS) is 2. The van der Waals surface area contributed by atoms with Crippen LogP contribution in [0, 0.1) is 5.92 Å². The molecule has 6 N–H and O–H groups in total. The van der Waals surface area contributed by atoms with Crippen LogP contribution < -0.4 is 10.6 Å². The van der Waals surface area contributed by atoms with Crippen LogP contribution in [-0.4, -0.2) is 121 Å². The van der Waals surface area contributed by atoms with E-state index in [1.807, 2.05) is 19.2 Å². The summed E-state index contributed by atoms with van der Waals surface area (Å²) in [7, 11) is 2.00. The Morgan fingerprint density at radius 2 is 1.48 bits per heavy atom. The van der Waals surface area contributed by atoms with Gasteiger partial charge in [-0.1, -0.05) is 55.6 Å². The highest BCUT2D eigenvalue weighted by Crippen LogP contribution is 2.47. The van der Waals surface area contributed by atoms with Gasteiger partial charge < -0.3 is 40.7 Å². The summed E-state index contributed by atoms with van der Waals surface area (Å²) in [6.45, 7) is 7.13. The van der Waals surface area contributed by atoms with Gasteiger partial charge in [0.15, 0.2) is 17.9 Å². The number of fused-ring (bicyclic) bond motifs is 1. The van der Waals surface area contributed by atoms with Crippen molar-refractivity contribution >= 4 is 53.0 Å². The monoisotopic (exact) mass is 789 g/mol. The molecular weight excluding hydrogens is 745 g/mol. The van der Waals surface area contributed by atoms with Gasteiger partial charge >= 0.3 is 18.0 Å². The minimum absolute atomic E-state index is 0.144. The second-order valence-electron chi connectivity index (χ2n) is 13.6. The van der Waals surface area contributed by atoms with E-state index in [4.69, 9.17) is 54.1 Å². The van der Waals surface area contributed by atoms with Gasteiger partial charge in [0.2, 0.25) is 6.23 Å². The number of carboxylic acids is 2. The topological polar surface area (TPSA) is 233 Å². The van der Waals surface area contributed by atoms with Crippen LogP contribution in [0.5, 0.6) is 0 Å². The van der Waals surface area contributed by atoms with Crippen molar-refractivity contribution in [1.82, 2.24) is 24.8 Å². The highest BCUT2D eigenvalue weighted by Gasteiger charge is 2.45. The molecule has 3 aromatic rings. The Kier molecular flexibility index (Phi) is 14.7. The molecule has 16 nitrogen and oxygen atoms in total. The second kappa shape index (κ2) is 18.7. The molecule has 2 aliphatic heterocycles. The van der Waals surface area contributed by atoms with E-state index in [1.165, 1.54) is 48.3 Å². The predicted octanol–water partition coefficient (Wildman–Crippen LogP) is 3.58. The number of aliphatic carboxylic acids is 2. The lowest BCUT2D eigenvalue weighted by atomic mass is 9.59. The number of pyridine rings is 1. The van der Waals surface area contributed by atoms with E-state index in [0.717, 1.165) is 24.5 Å². The number of benzene rings is 1. The number of aliphatic hydroxyl groups is 2. The third kappa shape index (κ3) is 10.2. The summed E-state index contributed by atoms with van der Waals surface area (Å²) >= 11 is 11.8. The standard InChI is InChI=1S/C17H17ClN6O3.C15H22ClN.C4H6O6/c1-22-6-8-23(9-7-22)17(26)27-16-14-13(19-4-5-20-14)15(25)24(16)12-3-2-11(18)10-21-12;1-11(2)10-14(17)15(8-3-9-15)12-4-6-13(16)7-5-12;5-1(3(7)8)2(6)4(9)10/h2-5,10,16H,6-9H2,1H3;4-7,11,14H,3,8-10,17H2,1-2H3;1-2,5-6H,(H,7,8)(H,9,10)/t16-;14-;1-,2-/m001/s1. The minimum Gasteiger partial charge on any atom is -0.479 e. The van der Waals surface area contributed by atoms with Crippen molar-refractivity contribution in [3.63, 3.8) is 0 Å². The fourth-order valence-corrected chi connectivity index (χ4v) is 6.49. The summed E-state index contributed by atoms with van der Waals surface area (Å²) in [4.78, 5) is 62.6. The van der Waals surface area contributed by atoms with Gasteiger partial charge in [0.25, 0.3) is 5.91 Å². The Balaban J connectivity index is 0.000000205. The Morgan fingerprint density at radius 3 is 1.98 bits per heavy atom. The number of likely N-dealkylation sites (N-methyl/N-ethyl adjacent to an activating group) is 1. The van der Waals surface area contributed by atoms with Gasteiger partial charge in [0, 0.05) is 61.2 Å². The molecule has 4 atom stereocenters. The molecule has 2 fully saturated rings.